The van der Waals surface area contributed by atoms with Gasteiger partial charge < -0.3 is 4.74 Å². The Labute approximate surface area is 132 Å². The number of piperidine rings is 1. The molecule has 0 saturated carbocycles. The van der Waals surface area contributed by atoms with Gasteiger partial charge in [0.1, 0.15) is 5.75 Å². The molecule has 2 aromatic rings. The first kappa shape index (κ1) is 15.0. The molecule has 1 aliphatic rings. The molecule has 0 bridgehead atoms. The number of hydrogen-bond donors (Lipinski definition) is 0. The molecule has 0 atom stereocenters. The number of aromatic nitrogens is 1. The van der Waals surface area contributed by atoms with Gasteiger partial charge in [0.15, 0.2) is 0 Å². The third-order valence-electron chi connectivity index (χ3n) is 4.12. The van der Waals surface area contributed by atoms with E-state index in [4.69, 9.17) is 4.74 Å². The van der Waals surface area contributed by atoms with Crippen molar-refractivity contribution >= 4 is 0 Å². The molecule has 3 heteroatoms. The zero-order valence-corrected chi connectivity index (χ0v) is 13.3. The second-order valence-corrected chi connectivity index (χ2v) is 5.85. The van der Waals surface area contributed by atoms with E-state index in [2.05, 4.69) is 34.1 Å². The Morgan fingerprint density at radius 1 is 1.09 bits per heavy atom. The molecule has 2 heterocycles. The largest absolute Gasteiger partial charge is 0.494 e. The zero-order chi connectivity index (χ0) is 15.2. The second kappa shape index (κ2) is 7.41. The molecule has 0 radical (unpaired) electrons. The summed E-state index contributed by atoms with van der Waals surface area (Å²) < 4.78 is 5.56. The standard InChI is InChI=1S/C19H24N2O/c1-2-22-18-8-6-7-17(13-18)19-10-9-16(14-20-19)15-21-11-4-3-5-12-21/h6-10,13-14H,2-5,11-12,15H2,1H3. The molecule has 22 heavy (non-hydrogen) atoms. The van der Waals surface area contributed by atoms with E-state index in [1.807, 2.05) is 25.3 Å². The predicted octanol–water partition coefficient (Wildman–Crippen LogP) is 4.13. The molecule has 1 aromatic heterocycles. The van der Waals surface area contributed by atoms with E-state index in [-0.39, 0.29) is 0 Å². The van der Waals surface area contributed by atoms with Crippen LogP contribution in [0.15, 0.2) is 42.6 Å². The summed E-state index contributed by atoms with van der Waals surface area (Å²) in [6.07, 6.45) is 6.05. The lowest BCUT2D eigenvalue weighted by atomic mass is 10.1. The Bertz CT molecular complexity index is 589. The fraction of sp³-hybridized carbons (Fsp3) is 0.421. The first-order valence-corrected chi connectivity index (χ1v) is 8.25. The molecule has 1 saturated heterocycles. The molecule has 0 spiro atoms. The minimum Gasteiger partial charge on any atom is -0.494 e. The van der Waals surface area contributed by atoms with Crippen LogP contribution in [0.1, 0.15) is 31.7 Å². The summed E-state index contributed by atoms with van der Waals surface area (Å²) >= 11 is 0. The number of pyridine rings is 1. The van der Waals surface area contributed by atoms with Gasteiger partial charge >= 0.3 is 0 Å². The highest BCUT2D eigenvalue weighted by Gasteiger charge is 2.10. The molecular weight excluding hydrogens is 272 g/mol. The van der Waals surface area contributed by atoms with Gasteiger partial charge in [-0.3, -0.25) is 9.88 Å². The van der Waals surface area contributed by atoms with Crippen molar-refractivity contribution in [2.45, 2.75) is 32.7 Å². The molecule has 116 valence electrons. The van der Waals surface area contributed by atoms with Crippen molar-refractivity contribution in [1.29, 1.82) is 0 Å². The van der Waals surface area contributed by atoms with Crippen LogP contribution in [0.25, 0.3) is 11.3 Å². The number of rotatable bonds is 5. The molecule has 0 amide bonds. The van der Waals surface area contributed by atoms with Gasteiger partial charge in [0.2, 0.25) is 0 Å². The van der Waals surface area contributed by atoms with Crippen LogP contribution in [0, 0.1) is 0 Å². The van der Waals surface area contributed by atoms with Crippen LogP contribution >= 0.6 is 0 Å². The lowest BCUT2D eigenvalue weighted by molar-refractivity contribution is 0.220. The lowest BCUT2D eigenvalue weighted by Crippen LogP contribution is -2.29. The van der Waals surface area contributed by atoms with Crippen molar-refractivity contribution in [2.75, 3.05) is 19.7 Å². The Morgan fingerprint density at radius 2 is 1.95 bits per heavy atom. The Hall–Kier alpha value is -1.87. The van der Waals surface area contributed by atoms with Gasteiger partial charge in [0.05, 0.1) is 12.3 Å². The van der Waals surface area contributed by atoms with E-state index < -0.39 is 0 Å². The molecule has 1 aliphatic heterocycles. The van der Waals surface area contributed by atoms with Crippen molar-refractivity contribution in [3.05, 3.63) is 48.2 Å². The predicted molar refractivity (Wildman–Crippen MR) is 90.0 cm³/mol. The van der Waals surface area contributed by atoms with Crippen LogP contribution in [0.5, 0.6) is 5.75 Å². The first-order valence-electron chi connectivity index (χ1n) is 8.25. The summed E-state index contributed by atoms with van der Waals surface area (Å²) in [5, 5.41) is 0. The van der Waals surface area contributed by atoms with E-state index >= 15 is 0 Å². The van der Waals surface area contributed by atoms with E-state index in [0.29, 0.717) is 6.61 Å². The van der Waals surface area contributed by atoms with E-state index in [9.17, 15) is 0 Å². The topological polar surface area (TPSA) is 25.4 Å². The van der Waals surface area contributed by atoms with Gasteiger partial charge in [-0.25, -0.2) is 0 Å². The third-order valence-corrected chi connectivity index (χ3v) is 4.12. The van der Waals surface area contributed by atoms with E-state index in [0.717, 1.165) is 23.6 Å². The molecular formula is C19H24N2O. The average Bonchev–Trinajstić information content (AvgIpc) is 2.57. The van der Waals surface area contributed by atoms with Crippen LogP contribution in [0.4, 0.5) is 0 Å². The second-order valence-electron chi connectivity index (χ2n) is 5.85. The van der Waals surface area contributed by atoms with Gasteiger partial charge in [0.25, 0.3) is 0 Å². The Kier molecular flexibility index (Phi) is 5.07. The first-order chi connectivity index (χ1) is 10.8. The maximum atomic E-state index is 5.56. The van der Waals surface area contributed by atoms with Gasteiger partial charge in [-0.1, -0.05) is 24.6 Å². The normalized spacial score (nSPS) is 15.7. The molecule has 0 N–H and O–H groups in total. The molecule has 0 unspecified atom stereocenters. The summed E-state index contributed by atoms with van der Waals surface area (Å²) in [7, 11) is 0. The van der Waals surface area contributed by atoms with Crippen LogP contribution < -0.4 is 4.74 Å². The van der Waals surface area contributed by atoms with Gasteiger partial charge in [-0.2, -0.15) is 0 Å². The molecule has 3 nitrogen and oxygen atoms in total. The minimum absolute atomic E-state index is 0.686. The molecule has 1 fully saturated rings. The van der Waals surface area contributed by atoms with E-state index in [1.165, 1.54) is 37.9 Å². The molecule has 0 aliphatic carbocycles. The van der Waals surface area contributed by atoms with Crippen LogP contribution in [-0.4, -0.2) is 29.6 Å². The summed E-state index contributed by atoms with van der Waals surface area (Å²) in [6.45, 7) is 6.15. The number of hydrogen-bond acceptors (Lipinski definition) is 3. The van der Waals surface area contributed by atoms with Gasteiger partial charge in [-0.05, 0) is 56.6 Å². The fourth-order valence-electron chi connectivity index (χ4n) is 2.98. The highest BCUT2D eigenvalue weighted by molar-refractivity contribution is 5.61. The number of benzene rings is 1. The fourth-order valence-corrected chi connectivity index (χ4v) is 2.98. The minimum atomic E-state index is 0.686. The van der Waals surface area contributed by atoms with E-state index in [1.54, 1.807) is 0 Å². The Morgan fingerprint density at radius 3 is 2.68 bits per heavy atom. The monoisotopic (exact) mass is 296 g/mol. The maximum Gasteiger partial charge on any atom is 0.119 e. The molecule has 1 aromatic carbocycles. The number of ether oxygens (including phenoxy) is 1. The van der Waals surface area contributed by atoms with Crippen LogP contribution in [0.2, 0.25) is 0 Å². The third kappa shape index (κ3) is 3.86. The smallest absolute Gasteiger partial charge is 0.119 e. The maximum absolute atomic E-state index is 5.56. The summed E-state index contributed by atoms with van der Waals surface area (Å²) in [6, 6.07) is 12.4. The zero-order valence-electron chi connectivity index (χ0n) is 13.3. The number of likely N-dealkylation sites (tertiary alicyclic amines) is 1. The van der Waals surface area contributed by atoms with Crippen LogP contribution in [-0.2, 0) is 6.54 Å². The van der Waals surface area contributed by atoms with Gasteiger partial charge in [0, 0.05) is 18.3 Å². The summed E-state index contributed by atoms with van der Waals surface area (Å²) in [4.78, 5) is 7.16. The van der Waals surface area contributed by atoms with Crippen molar-refractivity contribution in [3.8, 4) is 17.0 Å². The average molecular weight is 296 g/mol. The van der Waals surface area contributed by atoms with Crippen molar-refractivity contribution < 1.29 is 4.74 Å². The summed E-state index contributed by atoms with van der Waals surface area (Å²) in [5.74, 6) is 0.902. The van der Waals surface area contributed by atoms with Crippen molar-refractivity contribution in [2.24, 2.45) is 0 Å². The highest BCUT2D eigenvalue weighted by Crippen LogP contribution is 2.23. The molecule has 3 rings (SSSR count). The van der Waals surface area contributed by atoms with Gasteiger partial charge in [-0.15, -0.1) is 0 Å². The lowest BCUT2D eigenvalue weighted by Gasteiger charge is -2.26. The SMILES string of the molecule is CCOc1cccc(-c2ccc(CN3CCCCC3)cn2)c1. The quantitative estimate of drug-likeness (QED) is 0.829. The number of nitrogens with zero attached hydrogens (tertiary/aromatic N) is 2. The van der Waals surface area contributed by atoms with Crippen molar-refractivity contribution in [1.82, 2.24) is 9.88 Å². The highest BCUT2D eigenvalue weighted by atomic mass is 16.5. The van der Waals surface area contributed by atoms with Crippen LogP contribution in [0.3, 0.4) is 0 Å². The summed E-state index contributed by atoms with van der Waals surface area (Å²) in [5.41, 5.74) is 3.41. The van der Waals surface area contributed by atoms with Crippen molar-refractivity contribution in [3.63, 3.8) is 0 Å². The Balaban J connectivity index is 1.69.